The van der Waals surface area contributed by atoms with E-state index in [1.165, 1.54) is 130 Å². The molecular formula is C59H63BN2S. The van der Waals surface area contributed by atoms with E-state index in [0.717, 1.165) is 0 Å². The highest BCUT2D eigenvalue weighted by atomic mass is 32.1. The van der Waals surface area contributed by atoms with E-state index < -0.39 is 0 Å². The van der Waals surface area contributed by atoms with Gasteiger partial charge in [0.2, 0.25) is 0 Å². The predicted octanol–water partition coefficient (Wildman–Crippen LogP) is 15.0. The molecule has 0 unspecified atom stereocenters. The normalized spacial score (nSPS) is 18.6. The highest BCUT2D eigenvalue weighted by molar-refractivity contribution is 7.33. The smallest absolute Gasteiger partial charge is 0.264 e. The fraction of sp³-hybridized carbons (Fsp3) is 0.356. The summed E-state index contributed by atoms with van der Waals surface area (Å²) >= 11 is 2.06. The van der Waals surface area contributed by atoms with Gasteiger partial charge in [0.15, 0.2) is 0 Å². The lowest BCUT2D eigenvalue weighted by Crippen LogP contribution is -2.61. The van der Waals surface area contributed by atoms with E-state index in [2.05, 4.69) is 219 Å². The lowest BCUT2D eigenvalue weighted by atomic mass is 9.35. The van der Waals surface area contributed by atoms with Crippen LogP contribution in [0.3, 0.4) is 0 Å². The van der Waals surface area contributed by atoms with Gasteiger partial charge in [-0.1, -0.05) is 137 Å². The molecule has 2 aliphatic heterocycles. The molecule has 0 bridgehead atoms. The van der Waals surface area contributed by atoms with Crippen molar-refractivity contribution in [3.63, 3.8) is 0 Å². The number of hydrogen-bond acceptors (Lipinski definition) is 3. The summed E-state index contributed by atoms with van der Waals surface area (Å²) in [6, 6.07) is 45.3. The van der Waals surface area contributed by atoms with Gasteiger partial charge in [-0.15, -0.1) is 11.3 Å². The van der Waals surface area contributed by atoms with E-state index in [9.17, 15) is 0 Å². The largest absolute Gasteiger partial charge is 0.311 e. The second-order valence-corrected chi connectivity index (χ2v) is 24.3. The lowest BCUT2D eigenvalue weighted by Gasteiger charge is -2.47. The Morgan fingerprint density at radius 2 is 1.02 bits per heavy atom. The minimum Gasteiger partial charge on any atom is -0.311 e. The van der Waals surface area contributed by atoms with Crippen LogP contribution in [0.25, 0.3) is 21.2 Å². The molecule has 0 fully saturated rings. The molecule has 0 N–H and O–H groups in total. The quantitative estimate of drug-likeness (QED) is 0.164. The summed E-state index contributed by atoms with van der Waals surface area (Å²) < 4.78 is 2.87. The van der Waals surface area contributed by atoms with E-state index in [1.807, 2.05) is 0 Å². The topological polar surface area (TPSA) is 6.48 Å². The number of rotatable bonds is 3. The first kappa shape index (κ1) is 40.7. The zero-order chi connectivity index (χ0) is 44.2. The van der Waals surface area contributed by atoms with Crippen LogP contribution in [0.4, 0.5) is 34.1 Å². The molecule has 2 nitrogen and oxygen atoms in total. The maximum atomic E-state index is 2.69. The Kier molecular flexibility index (Phi) is 8.72. The molecule has 7 aromatic rings. The van der Waals surface area contributed by atoms with Crippen molar-refractivity contribution in [1.29, 1.82) is 0 Å². The fourth-order valence-electron chi connectivity index (χ4n) is 11.8. The molecule has 4 heteroatoms. The molecule has 2 aliphatic carbocycles. The van der Waals surface area contributed by atoms with Gasteiger partial charge in [-0.25, -0.2) is 0 Å². The van der Waals surface area contributed by atoms with E-state index in [4.69, 9.17) is 0 Å². The lowest BCUT2D eigenvalue weighted by molar-refractivity contribution is 0.332. The summed E-state index contributed by atoms with van der Waals surface area (Å²) in [6.07, 6.45) is 4.77. The Morgan fingerprint density at radius 3 is 1.60 bits per heavy atom. The van der Waals surface area contributed by atoms with Gasteiger partial charge < -0.3 is 9.80 Å². The molecule has 0 saturated heterocycles. The maximum absolute atomic E-state index is 2.69. The van der Waals surface area contributed by atoms with Crippen molar-refractivity contribution in [2.24, 2.45) is 0 Å². The number of nitrogens with zero attached hydrogens (tertiary/aromatic N) is 2. The predicted molar refractivity (Wildman–Crippen MR) is 275 cm³/mol. The zero-order valence-electron chi connectivity index (χ0n) is 39.7. The van der Waals surface area contributed by atoms with Crippen molar-refractivity contribution in [3.8, 4) is 11.1 Å². The minimum absolute atomic E-state index is 0.0679. The van der Waals surface area contributed by atoms with Gasteiger partial charge >= 0.3 is 0 Å². The van der Waals surface area contributed by atoms with Crippen LogP contribution in [0.1, 0.15) is 135 Å². The molecule has 0 atom stereocenters. The average molecular weight is 843 g/mol. The number of hydrogen-bond donors (Lipinski definition) is 0. The van der Waals surface area contributed by atoms with E-state index in [1.54, 1.807) is 0 Å². The molecule has 318 valence electrons. The highest BCUT2D eigenvalue weighted by Crippen LogP contribution is 2.54. The zero-order valence-corrected chi connectivity index (χ0v) is 40.5. The van der Waals surface area contributed by atoms with Crippen molar-refractivity contribution in [1.82, 2.24) is 0 Å². The third-order valence-electron chi connectivity index (χ3n) is 16.0. The van der Waals surface area contributed by atoms with Crippen molar-refractivity contribution in [2.45, 2.75) is 136 Å². The van der Waals surface area contributed by atoms with Crippen LogP contribution in [0.2, 0.25) is 0 Å². The van der Waals surface area contributed by atoms with Gasteiger partial charge in [-0.2, -0.15) is 0 Å². The van der Waals surface area contributed by atoms with Gasteiger partial charge in [-0.3, -0.25) is 0 Å². The first-order valence-electron chi connectivity index (χ1n) is 23.5. The fourth-order valence-corrected chi connectivity index (χ4v) is 13.2. The van der Waals surface area contributed by atoms with Crippen LogP contribution < -0.4 is 25.5 Å². The highest BCUT2D eigenvalue weighted by Gasteiger charge is 2.48. The number of thiophene rings is 1. The van der Waals surface area contributed by atoms with E-state index >= 15 is 0 Å². The first-order chi connectivity index (χ1) is 29.7. The van der Waals surface area contributed by atoms with Crippen LogP contribution >= 0.6 is 11.3 Å². The second kappa shape index (κ2) is 13.5. The van der Waals surface area contributed by atoms with Crippen LogP contribution in [0, 0.1) is 6.92 Å². The molecule has 4 aliphatic rings. The summed E-state index contributed by atoms with van der Waals surface area (Å²) in [5, 5.41) is 1.39. The molecule has 0 amide bonds. The van der Waals surface area contributed by atoms with Crippen molar-refractivity contribution < 1.29 is 0 Å². The number of benzene rings is 6. The van der Waals surface area contributed by atoms with Crippen LogP contribution in [0.5, 0.6) is 0 Å². The summed E-state index contributed by atoms with van der Waals surface area (Å²) in [7, 11) is 0. The monoisotopic (exact) mass is 842 g/mol. The Hall–Kier alpha value is -5.06. The van der Waals surface area contributed by atoms with Gasteiger partial charge in [0.25, 0.3) is 6.71 Å². The molecule has 11 rings (SSSR count). The molecular weight excluding hydrogens is 780 g/mol. The van der Waals surface area contributed by atoms with Gasteiger partial charge in [0.05, 0.1) is 5.69 Å². The third kappa shape index (κ3) is 6.17. The van der Waals surface area contributed by atoms with Crippen molar-refractivity contribution in [3.05, 3.63) is 149 Å². The van der Waals surface area contributed by atoms with Crippen LogP contribution in [-0.4, -0.2) is 6.71 Å². The van der Waals surface area contributed by atoms with Gasteiger partial charge in [0.1, 0.15) is 0 Å². The standard InChI is InChI=1S/C59H63BN2S/c1-36-30-49-52-50(31-36)62(41-22-18-38(19-23-41)37-16-14-13-15-17-37)53-42-32-43-46(59(11,12)29-26-56(43,5)6)35-51(42)63-54(53)60(52)47-33-44-45(58(9,10)28-27-57(44,7)8)34-48(47)61(49)40-24-20-39(21-25-40)55(2,3)4/h13-25,30-35H,26-29H2,1-12H3. The Bertz CT molecular complexity index is 2990. The Labute approximate surface area is 381 Å². The first-order valence-corrected chi connectivity index (χ1v) is 24.4. The third-order valence-corrected chi connectivity index (χ3v) is 17.2. The molecule has 63 heavy (non-hydrogen) atoms. The van der Waals surface area contributed by atoms with Crippen molar-refractivity contribution >= 4 is 78.0 Å². The molecule has 1 aromatic heterocycles. The molecule has 0 saturated carbocycles. The number of fused-ring (bicyclic) bond motifs is 8. The van der Waals surface area contributed by atoms with Gasteiger partial charge in [-0.05, 0) is 170 Å². The molecule has 3 heterocycles. The molecule has 6 aromatic carbocycles. The van der Waals surface area contributed by atoms with Crippen LogP contribution in [-0.2, 0) is 27.1 Å². The Morgan fingerprint density at radius 1 is 0.524 bits per heavy atom. The van der Waals surface area contributed by atoms with Crippen molar-refractivity contribution in [2.75, 3.05) is 9.80 Å². The molecule has 0 radical (unpaired) electrons. The van der Waals surface area contributed by atoms with Crippen LogP contribution in [0.15, 0.2) is 115 Å². The minimum atomic E-state index is 0.0679. The average Bonchev–Trinajstić information content (AvgIpc) is 3.62. The van der Waals surface area contributed by atoms with E-state index in [0.29, 0.717) is 0 Å². The maximum Gasteiger partial charge on any atom is 0.264 e. The van der Waals surface area contributed by atoms with Gasteiger partial charge in [0, 0.05) is 43.3 Å². The van der Waals surface area contributed by atoms with E-state index in [-0.39, 0.29) is 33.8 Å². The molecule has 0 spiro atoms. The summed E-state index contributed by atoms with van der Waals surface area (Å²) in [4.78, 5) is 5.30. The number of anilines is 6. The Balaban J connectivity index is 1.25. The summed E-state index contributed by atoms with van der Waals surface area (Å²) in [5.74, 6) is 0. The SMILES string of the molecule is Cc1cc2c3c(c1)N(c1ccc(-c4ccccc4)cc1)c1c(sc4cc5c(cc14)C(C)(C)CCC5(C)C)B3c1cc3c(cc1N2c1ccc(C(C)(C)C)cc1)C(C)(C)CCC3(C)C. The second-order valence-electron chi connectivity index (χ2n) is 23.2. The summed E-state index contributed by atoms with van der Waals surface area (Å²) in [5.41, 5.74) is 22.2. The summed E-state index contributed by atoms with van der Waals surface area (Å²) in [6.45, 7) is 29.2. The number of aryl methyl sites for hydroxylation is 1.